The van der Waals surface area contributed by atoms with Gasteiger partial charge in [0.1, 0.15) is 6.33 Å². The smallest absolute Gasteiger partial charge is 0.160 e. The normalized spacial score (nSPS) is 13.6. The van der Waals surface area contributed by atoms with E-state index in [1.165, 1.54) is 6.33 Å². The van der Waals surface area contributed by atoms with Gasteiger partial charge in [-0.05, 0) is 24.6 Å². The standard InChI is InChI=1S/C15H18N2O3/c1-15(18,12-8-16-10-17-9-12)7-11-4-5-13(19-2)14(6-11)20-3/h4-6,8-10,18H,7H2,1-3H3. The van der Waals surface area contributed by atoms with Gasteiger partial charge in [0.2, 0.25) is 0 Å². The Labute approximate surface area is 118 Å². The maximum Gasteiger partial charge on any atom is 0.160 e. The summed E-state index contributed by atoms with van der Waals surface area (Å²) in [6, 6.07) is 5.59. The van der Waals surface area contributed by atoms with Gasteiger partial charge in [0.15, 0.2) is 11.5 Å². The Balaban J connectivity index is 2.25. The van der Waals surface area contributed by atoms with Gasteiger partial charge in [-0.1, -0.05) is 6.07 Å². The maximum atomic E-state index is 10.6. The van der Waals surface area contributed by atoms with E-state index in [2.05, 4.69) is 9.97 Å². The Morgan fingerprint density at radius 3 is 2.35 bits per heavy atom. The van der Waals surface area contributed by atoms with Crippen molar-refractivity contribution in [3.63, 3.8) is 0 Å². The molecule has 0 bridgehead atoms. The lowest BCUT2D eigenvalue weighted by molar-refractivity contribution is 0.0568. The largest absolute Gasteiger partial charge is 0.493 e. The Hall–Kier alpha value is -2.14. The van der Waals surface area contributed by atoms with Gasteiger partial charge in [0.05, 0.1) is 19.8 Å². The van der Waals surface area contributed by atoms with Crippen LogP contribution < -0.4 is 9.47 Å². The number of ether oxygens (including phenoxy) is 2. The fourth-order valence-corrected chi connectivity index (χ4v) is 2.07. The minimum atomic E-state index is -1.04. The second kappa shape index (κ2) is 5.88. The fraction of sp³-hybridized carbons (Fsp3) is 0.333. The molecule has 0 spiro atoms. The first-order valence-corrected chi connectivity index (χ1v) is 6.25. The lowest BCUT2D eigenvalue weighted by Crippen LogP contribution is -2.24. The predicted molar refractivity (Wildman–Crippen MR) is 74.9 cm³/mol. The van der Waals surface area contributed by atoms with Crippen LogP contribution in [0.4, 0.5) is 0 Å². The van der Waals surface area contributed by atoms with Gasteiger partial charge in [0.25, 0.3) is 0 Å². The third-order valence-corrected chi connectivity index (χ3v) is 3.18. The lowest BCUT2D eigenvalue weighted by Gasteiger charge is -2.23. The first kappa shape index (κ1) is 14.3. The van der Waals surface area contributed by atoms with E-state index in [4.69, 9.17) is 9.47 Å². The summed E-state index contributed by atoms with van der Waals surface area (Å²) in [7, 11) is 3.18. The van der Waals surface area contributed by atoms with E-state index >= 15 is 0 Å². The van der Waals surface area contributed by atoms with E-state index in [0.717, 1.165) is 5.56 Å². The van der Waals surface area contributed by atoms with Crippen LogP contribution in [0.15, 0.2) is 36.9 Å². The molecule has 0 fully saturated rings. The number of aliphatic hydroxyl groups is 1. The summed E-state index contributed by atoms with van der Waals surface area (Å²) in [5.41, 5.74) is 0.576. The van der Waals surface area contributed by atoms with Crippen molar-refractivity contribution in [2.24, 2.45) is 0 Å². The molecule has 106 valence electrons. The molecule has 1 aromatic carbocycles. The van der Waals surface area contributed by atoms with E-state index in [0.29, 0.717) is 23.5 Å². The Bertz CT molecular complexity index is 571. The number of aromatic nitrogens is 2. The second-order valence-corrected chi connectivity index (χ2v) is 4.77. The van der Waals surface area contributed by atoms with Crippen LogP contribution in [0.25, 0.3) is 0 Å². The highest BCUT2D eigenvalue weighted by molar-refractivity contribution is 5.43. The zero-order chi connectivity index (χ0) is 14.6. The number of rotatable bonds is 5. The SMILES string of the molecule is COc1ccc(CC(C)(O)c2cncnc2)cc1OC. The van der Waals surface area contributed by atoms with Crippen LogP contribution in [-0.4, -0.2) is 29.3 Å². The molecule has 1 unspecified atom stereocenters. The monoisotopic (exact) mass is 274 g/mol. The first-order chi connectivity index (χ1) is 9.56. The van der Waals surface area contributed by atoms with E-state index < -0.39 is 5.60 Å². The Morgan fingerprint density at radius 1 is 1.10 bits per heavy atom. The highest BCUT2D eigenvalue weighted by Gasteiger charge is 2.24. The molecule has 5 heteroatoms. The summed E-state index contributed by atoms with van der Waals surface area (Å²) in [5.74, 6) is 1.31. The van der Waals surface area contributed by atoms with Crippen molar-refractivity contribution in [1.29, 1.82) is 0 Å². The Kier molecular flexibility index (Phi) is 4.20. The number of nitrogens with zero attached hydrogens (tertiary/aromatic N) is 2. The highest BCUT2D eigenvalue weighted by Crippen LogP contribution is 2.31. The molecule has 1 N–H and O–H groups in total. The Morgan fingerprint density at radius 2 is 1.75 bits per heavy atom. The molecule has 1 atom stereocenters. The van der Waals surface area contributed by atoms with Crippen molar-refractivity contribution >= 4 is 0 Å². The number of hydrogen-bond donors (Lipinski definition) is 1. The number of benzene rings is 1. The quantitative estimate of drug-likeness (QED) is 0.902. The van der Waals surface area contributed by atoms with E-state index in [9.17, 15) is 5.11 Å². The summed E-state index contributed by atoms with van der Waals surface area (Å²) in [6.45, 7) is 1.74. The molecule has 20 heavy (non-hydrogen) atoms. The van der Waals surface area contributed by atoms with Gasteiger partial charge >= 0.3 is 0 Å². The molecule has 0 amide bonds. The second-order valence-electron chi connectivity index (χ2n) is 4.77. The van der Waals surface area contributed by atoms with Crippen LogP contribution >= 0.6 is 0 Å². The molecule has 0 aliphatic rings. The van der Waals surface area contributed by atoms with E-state index in [1.807, 2.05) is 18.2 Å². The van der Waals surface area contributed by atoms with E-state index in [-0.39, 0.29) is 0 Å². The lowest BCUT2D eigenvalue weighted by atomic mass is 9.91. The topological polar surface area (TPSA) is 64.5 Å². The summed E-state index contributed by atoms with van der Waals surface area (Å²) in [6.07, 6.45) is 5.11. The number of methoxy groups -OCH3 is 2. The zero-order valence-electron chi connectivity index (χ0n) is 11.8. The van der Waals surface area contributed by atoms with Crippen LogP contribution in [0.2, 0.25) is 0 Å². The molecule has 5 nitrogen and oxygen atoms in total. The molecule has 1 aromatic heterocycles. The van der Waals surface area contributed by atoms with Gasteiger partial charge in [-0.25, -0.2) is 9.97 Å². The summed E-state index contributed by atoms with van der Waals surface area (Å²) in [5, 5.41) is 10.6. The van der Waals surface area contributed by atoms with Crippen molar-refractivity contribution < 1.29 is 14.6 Å². The van der Waals surface area contributed by atoms with Gasteiger partial charge < -0.3 is 14.6 Å². The molecule has 2 rings (SSSR count). The molecule has 0 aliphatic heterocycles. The first-order valence-electron chi connectivity index (χ1n) is 6.25. The van der Waals surface area contributed by atoms with E-state index in [1.54, 1.807) is 33.5 Å². The molecular formula is C15H18N2O3. The summed E-state index contributed by atoms with van der Waals surface area (Å²) < 4.78 is 10.5. The molecule has 1 heterocycles. The molecule has 0 aliphatic carbocycles. The molecular weight excluding hydrogens is 256 g/mol. The molecule has 0 saturated heterocycles. The third kappa shape index (κ3) is 3.05. The fourth-order valence-electron chi connectivity index (χ4n) is 2.07. The van der Waals surface area contributed by atoms with Crippen LogP contribution in [-0.2, 0) is 12.0 Å². The number of hydrogen-bond acceptors (Lipinski definition) is 5. The third-order valence-electron chi connectivity index (χ3n) is 3.18. The average molecular weight is 274 g/mol. The van der Waals surface area contributed by atoms with Crippen molar-refractivity contribution in [2.45, 2.75) is 18.9 Å². The minimum absolute atomic E-state index is 0.431. The van der Waals surface area contributed by atoms with Gasteiger partial charge in [-0.15, -0.1) is 0 Å². The van der Waals surface area contributed by atoms with Crippen LogP contribution in [0.1, 0.15) is 18.1 Å². The summed E-state index contributed by atoms with van der Waals surface area (Å²) in [4.78, 5) is 7.88. The average Bonchev–Trinajstić information content (AvgIpc) is 2.47. The zero-order valence-corrected chi connectivity index (χ0v) is 11.8. The van der Waals surface area contributed by atoms with Crippen molar-refractivity contribution in [1.82, 2.24) is 9.97 Å². The maximum absolute atomic E-state index is 10.6. The van der Waals surface area contributed by atoms with Gasteiger partial charge in [-0.3, -0.25) is 0 Å². The predicted octanol–water partition coefficient (Wildman–Crippen LogP) is 1.94. The van der Waals surface area contributed by atoms with Crippen LogP contribution in [0.5, 0.6) is 11.5 Å². The van der Waals surface area contributed by atoms with Crippen molar-refractivity contribution in [2.75, 3.05) is 14.2 Å². The van der Waals surface area contributed by atoms with Crippen LogP contribution in [0.3, 0.4) is 0 Å². The molecule has 0 radical (unpaired) electrons. The van der Waals surface area contributed by atoms with Crippen molar-refractivity contribution in [3.8, 4) is 11.5 Å². The minimum Gasteiger partial charge on any atom is -0.493 e. The summed E-state index contributed by atoms with van der Waals surface area (Å²) >= 11 is 0. The highest BCUT2D eigenvalue weighted by atomic mass is 16.5. The molecule has 2 aromatic rings. The molecule has 0 saturated carbocycles. The van der Waals surface area contributed by atoms with Crippen LogP contribution in [0, 0.1) is 0 Å². The van der Waals surface area contributed by atoms with Crippen molar-refractivity contribution in [3.05, 3.63) is 48.0 Å². The van der Waals surface area contributed by atoms with Gasteiger partial charge in [0, 0.05) is 24.4 Å². The van der Waals surface area contributed by atoms with Gasteiger partial charge in [-0.2, -0.15) is 0 Å².